The van der Waals surface area contributed by atoms with Crippen LogP contribution in [0.1, 0.15) is 32.6 Å². The molecule has 1 aromatic carbocycles. The fraction of sp³-hybridized carbons (Fsp3) is 0.533. The van der Waals surface area contributed by atoms with Gasteiger partial charge in [-0.05, 0) is 30.9 Å². The SMILES string of the molecule is CC1CCCC(OCC(=O)Nc2cccc(Cl)c2Cl)C1. The van der Waals surface area contributed by atoms with E-state index in [1.54, 1.807) is 18.2 Å². The summed E-state index contributed by atoms with van der Waals surface area (Å²) >= 11 is 11.9. The van der Waals surface area contributed by atoms with Crippen molar-refractivity contribution in [2.75, 3.05) is 11.9 Å². The van der Waals surface area contributed by atoms with Crippen LogP contribution in [0, 0.1) is 5.92 Å². The molecule has 1 amide bonds. The lowest BCUT2D eigenvalue weighted by molar-refractivity contribution is -0.123. The molecule has 2 rings (SSSR count). The molecule has 0 bridgehead atoms. The number of benzene rings is 1. The number of carbonyl (C=O) groups is 1. The van der Waals surface area contributed by atoms with Crippen molar-refractivity contribution in [3.05, 3.63) is 28.2 Å². The number of rotatable bonds is 4. The second-order valence-corrected chi connectivity index (χ2v) is 6.14. The Kier molecular flexibility index (Phi) is 5.70. The molecule has 5 heteroatoms. The van der Waals surface area contributed by atoms with Gasteiger partial charge in [0.2, 0.25) is 5.91 Å². The van der Waals surface area contributed by atoms with E-state index >= 15 is 0 Å². The van der Waals surface area contributed by atoms with Crippen LogP contribution in [0.15, 0.2) is 18.2 Å². The van der Waals surface area contributed by atoms with Crippen LogP contribution >= 0.6 is 23.2 Å². The first kappa shape index (κ1) is 15.6. The monoisotopic (exact) mass is 315 g/mol. The Bertz CT molecular complexity index is 479. The second-order valence-electron chi connectivity index (χ2n) is 5.35. The largest absolute Gasteiger partial charge is 0.368 e. The summed E-state index contributed by atoms with van der Waals surface area (Å²) in [7, 11) is 0. The van der Waals surface area contributed by atoms with E-state index in [9.17, 15) is 4.79 Å². The molecular weight excluding hydrogens is 297 g/mol. The molecule has 1 aliphatic rings. The first-order valence-corrected chi connectivity index (χ1v) is 7.67. The van der Waals surface area contributed by atoms with E-state index in [4.69, 9.17) is 27.9 Å². The Morgan fingerprint density at radius 1 is 1.40 bits per heavy atom. The van der Waals surface area contributed by atoms with Crippen molar-refractivity contribution in [3.63, 3.8) is 0 Å². The minimum Gasteiger partial charge on any atom is -0.368 e. The third-order valence-corrected chi connectivity index (χ3v) is 4.38. The molecule has 0 aromatic heterocycles. The number of carbonyl (C=O) groups excluding carboxylic acids is 1. The van der Waals surface area contributed by atoms with E-state index in [0.717, 1.165) is 12.8 Å². The van der Waals surface area contributed by atoms with Gasteiger partial charge in [0.1, 0.15) is 6.61 Å². The van der Waals surface area contributed by atoms with Crippen molar-refractivity contribution in [3.8, 4) is 0 Å². The van der Waals surface area contributed by atoms with E-state index < -0.39 is 0 Å². The smallest absolute Gasteiger partial charge is 0.250 e. The summed E-state index contributed by atoms with van der Waals surface area (Å²) < 4.78 is 5.67. The minimum absolute atomic E-state index is 0.0558. The Morgan fingerprint density at radius 3 is 2.95 bits per heavy atom. The van der Waals surface area contributed by atoms with Crippen molar-refractivity contribution in [1.29, 1.82) is 0 Å². The number of hydrogen-bond acceptors (Lipinski definition) is 2. The zero-order chi connectivity index (χ0) is 14.5. The molecule has 1 aliphatic carbocycles. The summed E-state index contributed by atoms with van der Waals surface area (Å²) in [6, 6.07) is 5.14. The fourth-order valence-electron chi connectivity index (χ4n) is 2.51. The number of amides is 1. The summed E-state index contributed by atoms with van der Waals surface area (Å²) in [6.45, 7) is 2.28. The summed E-state index contributed by atoms with van der Waals surface area (Å²) in [4.78, 5) is 11.9. The lowest BCUT2D eigenvalue weighted by Crippen LogP contribution is -2.27. The van der Waals surface area contributed by atoms with Gasteiger partial charge in [-0.3, -0.25) is 4.79 Å². The van der Waals surface area contributed by atoms with Gasteiger partial charge in [0.25, 0.3) is 0 Å². The Hall–Kier alpha value is -0.770. The predicted octanol–water partition coefficient (Wildman–Crippen LogP) is 4.53. The van der Waals surface area contributed by atoms with Gasteiger partial charge in [0, 0.05) is 0 Å². The van der Waals surface area contributed by atoms with E-state index in [1.807, 2.05) is 0 Å². The Labute approximate surface area is 129 Å². The summed E-state index contributed by atoms with van der Waals surface area (Å²) in [5.74, 6) is 0.478. The number of anilines is 1. The first-order chi connectivity index (χ1) is 9.56. The molecule has 0 spiro atoms. The molecule has 0 heterocycles. The zero-order valence-electron chi connectivity index (χ0n) is 11.5. The Balaban J connectivity index is 1.82. The molecule has 1 N–H and O–H groups in total. The molecular formula is C15H19Cl2NO2. The fourth-order valence-corrected chi connectivity index (χ4v) is 2.86. The highest BCUT2D eigenvalue weighted by molar-refractivity contribution is 6.43. The van der Waals surface area contributed by atoms with Crippen LogP contribution in [0.4, 0.5) is 5.69 Å². The maximum atomic E-state index is 11.9. The van der Waals surface area contributed by atoms with Gasteiger partial charge < -0.3 is 10.1 Å². The number of nitrogens with one attached hydrogen (secondary N) is 1. The van der Waals surface area contributed by atoms with Crippen molar-refractivity contribution in [1.82, 2.24) is 0 Å². The van der Waals surface area contributed by atoms with Crippen molar-refractivity contribution < 1.29 is 9.53 Å². The molecule has 1 fully saturated rings. The third kappa shape index (κ3) is 4.37. The van der Waals surface area contributed by atoms with Crippen LogP contribution < -0.4 is 5.32 Å². The third-order valence-electron chi connectivity index (χ3n) is 3.56. The Morgan fingerprint density at radius 2 is 2.20 bits per heavy atom. The lowest BCUT2D eigenvalue weighted by atomic mass is 9.89. The maximum absolute atomic E-state index is 11.9. The molecule has 1 saturated carbocycles. The van der Waals surface area contributed by atoms with Crippen molar-refractivity contribution in [2.24, 2.45) is 5.92 Å². The average molecular weight is 316 g/mol. The summed E-state index contributed by atoms with van der Waals surface area (Å²) in [5.41, 5.74) is 0.518. The first-order valence-electron chi connectivity index (χ1n) is 6.91. The van der Waals surface area contributed by atoms with E-state index in [-0.39, 0.29) is 18.6 Å². The standard InChI is InChI=1S/C15H19Cl2NO2/c1-10-4-2-5-11(8-10)20-9-14(19)18-13-7-3-6-12(16)15(13)17/h3,6-7,10-11H,2,4-5,8-9H2,1H3,(H,18,19). The molecule has 2 atom stereocenters. The highest BCUT2D eigenvalue weighted by Gasteiger charge is 2.20. The highest BCUT2D eigenvalue weighted by Crippen LogP contribution is 2.29. The van der Waals surface area contributed by atoms with Crippen LogP contribution in [-0.4, -0.2) is 18.6 Å². The molecule has 0 saturated heterocycles. The predicted molar refractivity (Wildman–Crippen MR) is 82.5 cm³/mol. The molecule has 0 radical (unpaired) electrons. The normalized spacial score (nSPS) is 22.6. The van der Waals surface area contributed by atoms with Gasteiger partial charge in [-0.15, -0.1) is 0 Å². The van der Waals surface area contributed by atoms with Gasteiger partial charge >= 0.3 is 0 Å². The highest BCUT2D eigenvalue weighted by atomic mass is 35.5. The average Bonchev–Trinajstić information content (AvgIpc) is 2.42. The topological polar surface area (TPSA) is 38.3 Å². The van der Waals surface area contributed by atoms with Crippen LogP contribution in [0.2, 0.25) is 10.0 Å². The molecule has 110 valence electrons. The van der Waals surface area contributed by atoms with Gasteiger partial charge in [-0.2, -0.15) is 0 Å². The van der Waals surface area contributed by atoms with E-state index in [1.165, 1.54) is 12.8 Å². The van der Waals surface area contributed by atoms with Crippen LogP contribution in [0.25, 0.3) is 0 Å². The lowest BCUT2D eigenvalue weighted by Gasteiger charge is -2.26. The number of hydrogen-bond donors (Lipinski definition) is 1. The molecule has 2 unspecified atom stereocenters. The summed E-state index contributed by atoms with van der Waals surface area (Å²) in [6.07, 6.45) is 4.69. The van der Waals surface area contributed by atoms with Crippen molar-refractivity contribution >= 4 is 34.8 Å². The summed E-state index contributed by atoms with van der Waals surface area (Å²) in [5, 5.41) is 3.50. The van der Waals surface area contributed by atoms with E-state index in [0.29, 0.717) is 21.7 Å². The minimum atomic E-state index is -0.201. The van der Waals surface area contributed by atoms with Gasteiger partial charge in [0.05, 0.1) is 21.8 Å². The van der Waals surface area contributed by atoms with Gasteiger partial charge in [0.15, 0.2) is 0 Å². The van der Waals surface area contributed by atoms with Crippen molar-refractivity contribution in [2.45, 2.75) is 38.7 Å². The molecule has 3 nitrogen and oxygen atoms in total. The quantitative estimate of drug-likeness (QED) is 0.886. The van der Waals surface area contributed by atoms with Gasteiger partial charge in [-0.1, -0.05) is 49.0 Å². The van der Waals surface area contributed by atoms with Crippen LogP contribution in [0.3, 0.4) is 0 Å². The van der Waals surface area contributed by atoms with Crippen LogP contribution in [0.5, 0.6) is 0 Å². The maximum Gasteiger partial charge on any atom is 0.250 e. The van der Waals surface area contributed by atoms with Gasteiger partial charge in [-0.25, -0.2) is 0 Å². The molecule has 1 aromatic rings. The second kappa shape index (κ2) is 7.30. The molecule has 0 aliphatic heterocycles. The molecule has 20 heavy (non-hydrogen) atoms. The van der Waals surface area contributed by atoms with E-state index in [2.05, 4.69) is 12.2 Å². The number of ether oxygens (including phenoxy) is 1. The zero-order valence-corrected chi connectivity index (χ0v) is 13.0. The number of halogens is 2. The van der Waals surface area contributed by atoms with Crippen LogP contribution in [-0.2, 0) is 9.53 Å².